The summed E-state index contributed by atoms with van der Waals surface area (Å²) in [4.78, 5) is 26.0. The molecular formula is C19H23FN4O4. The number of carboxylic acid groups (broad SMARTS) is 1. The van der Waals surface area contributed by atoms with Crippen molar-refractivity contribution in [3.05, 3.63) is 33.9 Å². The van der Waals surface area contributed by atoms with Gasteiger partial charge in [0.1, 0.15) is 16.8 Å². The van der Waals surface area contributed by atoms with E-state index in [1.807, 2.05) is 4.90 Å². The molecule has 0 bridgehead atoms. The van der Waals surface area contributed by atoms with Gasteiger partial charge in [-0.1, -0.05) is 6.92 Å². The maximum Gasteiger partial charge on any atom is 0.341 e. The fourth-order valence-electron chi connectivity index (χ4n) is 4.02. The SMILES string of the molecule is CCNCC1CCN(c2c(F)cc3c(=O)c(C(=O)O)cn4c3c2OCN4C)C1. The number of carbonyl (C=O) groups is 1. The third-order valence-electron chi connectivity index (χ3n) is 5.43. The smallest absolute Gasteiger partial charge is 0.341 e. The average molecular weight is 390 g/mol. The molecule has 1 aromatic heterocycles. The Bertz CT molecular complexity index is 1010. The normalized spacial score (nSPS) is 18.6. The largest absolute Gasteiger partial charge is 0.477 e. The summed E-state index contributed by atoms with van der Waals surface area (Å²) >= 11 is 0. The van der Waals surface area contributed by atoms with Crippen molar-refractivity contribution in [3.63, 3.8) is 0 Å². The highest BCUT2D eigenvalue weighted by molar-refractivity contribution is 5.97. The van der Waals surface area contributed by atoms with Crippen molar-refractivity contribution in [1.82, 2.24) is 9.99 Å². The minimum Gasteiger partial charge on any atom is -0.477 e. The Hall–Kier alpha value is -2.81. The quantitative estimate of drug-likeness (QED) is 0.793. The number of nitrogens with zero attached hydrogens (tertiary/aromatic N) is 3. The van der Waals surface area contributed by atoms with E-state index < -0.39 is 22.8 Å². The van der Waals surface area contributed by atoms with Gasteiger partial charge in [-0.15, -0.1) is 0 Å². The van der Waals surface area contributed by atoms with E-state index in [4.69, 9.17) is 4.74 Å². The van der Waals surface area contributed by atoms with E-state index in [2.05, 4.69) is 12.2 Å². The van der Waals surface area contributed by atoms with E-state index in [-0.39, 0.29) is 12.1 Å². The monoisotopic (exact) mass is 390 g/mol. The van der Waals surface area contributed by atoms with Gasteiger partial charge in [0.15, 0.2) is 18.3 Å². The van der Waals surface area contributed by atoms with Crippen LogP contribution in [0.2, 0.25) is 0 Å². The van der Waals surface area contributed by atoms with Crippen LogP contribution in [-0.4, -0.2) is 55.7 Å². The van der Waals surface area contributed by atoms with Crippen LogP contribution in [0.4, 0.5) is 10.1 Å². The van der Waals surface area contributed by atoms with Crippen molar-refractivity contribution in [2.45, 2.75) is 13.3 Å². The molecule has 4 rings (SSSR count). The number of carboxylic acids is 1. The molecule has 2 N–H and O–H groups in total. The number of hydrogen-bond acceptors (Lipinski definition) is 6. The number of pyridine rings is 1. The predicted octanol–water partition coefficient (Wildman–Crippen LogP) is 1.19. The van der Waals surface area contributed by atoms with Gasteiger partial charge in [0.25, 0.3) is 0 Å². The first-order chi connectivity index (χ1) is 13.4. The Balaban J connectivity index is 1.87. The number of anilines is 1. The second kappa shape index (κ2) is 6.97. The van der Waals surface area contributed by atoms with Gasteiger partial charge in [0, 0.05) is 26.3 Å². The highest BCUT2D eigenvalue weighted by Gasteiger charge is 2.32. The summed E-state index contributed by atoms with van der Waals surface area (Å²) in [6.07, 6.45) is 2.22. The maximum atomic E-state index is 15.1. The molecule has 0 radical (unpaired) electrons. The molecule has 0 amide bonds. The third kappa shape index (κ3) is 2.86. The van der Waals surface area contributed by atoms with Crippen LogP contribution in [0.15, 0.2) is 17.1 Å². The molecule has 150 valence electrons. The summed E-state index contributed by atoms with van der Waals surface area (Å²) < 4.78 is 22.5. The van der Waals surface area contributed by atoms with Gasteiger partial charge in [-0.25, -0.2) is 9.18 Å². The van der Waals surface area contributed by atoms with Gasteiger partial charge >= 0.3 is 5.97 Å². The summed E-state index contributed by atoms with van der Waals surface area (Å²) in [5.41, 5.74) is -0.367. The molecule has 2 aliphatic heterocycles. The molecule has 0 aliphatic carbocycles. The number of aromatic nitrogens is 1. The molecule has 1 unspecified atom stereocenters. The minimum absolute atomic E-state index is 0.00564. The summed E-state index contributed by atoms with van der Waals surface area (Å²) in [6.45, 7) is 5.32. The Morgan fingerprint density at radius 3 is 2.96 bits per heavy atom. The molecule has 1 aromatic carbocycles. The Morgan fingerprint density at radius 1 is 1.46 bits per heavy atom. The summed E-state index contributed by atoms with van der Waals surface area (Å²) in [6, 6.07) is 1.14. The standard InChI is InChI=1S/C19H23FN4O4/c1-3-21-7-11-4-5-23(8-11)16-14(20)6-12-15-18(16)28-10-22(2)24(15)9-13(17(12)25)19(26)27/h6,9,11,21H,3-5,7-8,10H2,1-2H3,(H,26,27). The van der Waals surface area contributed by atoms with Crippen LogP contribution >= 0.6 is 0 Å². The number of ether oxygens (including phenoxy) is 1. The zero-order valence-electron chi connectivity index (χ0n) is 15.9. The Kier molecular flexibility index (Phi) is 4.62. The van der Waals surface area contributed by atoms with E-state index in [1.54, 1.807) is 16.7 Å². The number of benzene rings is 1. The second-order valence-electron chi connectivity index (χ2n) is 7.29. The summed E-state index contributed by atoms with van der Waals surface area (Å²) in [5, 5.41) is 14.3. The maximum absolute atomic E-state index is 15.1. The molecule has 2 aliphatic rings. The van der Waals surface area contributed by atoms with Gasteiger partial charge in [0.05, 0.1) is 5.39 Å². The van der Waals surface area contributed by atoms with Crippen molar-refractivity contribution in [2.75, 3.05) is 49.9 Å². The zero-order valence-corrected chi connectivity index (χ0v) is 15.9. The molecule has 3 heterocycles. The van der Waals surface area contributed by atoms with E-state index in [1.165, 1.54) is 6.20 Å². The van der Waals surface area contributed by atoms with E-state index in [0.717, 1.165) is 25.6 Å². The van der Waals surface area contributed by atoms with Crippen LogP contribution in [0.25, 0.3) is 10.9 Å². The third-order valence-corrected chi connectivity index (χ3v) is 5.43. The topological polar surface area (TPSA) is 87.0 Å². The predicted molar refractivity (Wildman–Crippen MR) is 104 cm³/mol. The molecule has 1 fully saturated rings. The number of nitrogens with one attached hydrogen (secondary N) is 1. The van der Waals surface area contributed by atoms with Crippen LogP contribution in [0.5, 0.6) is 5.75 Å². The van der Waals surface area contributed by atoms with Crippen LogP contribution in [0, 0.1) is 11.7 Å². The number of halogens is 1. The second-order valence-corrected chi connectivity index (χ2v) is 7.29. The average Bonchev–Trinajstić information content (AvgIpc) is 3.12. The van der Waals surface area contributed by atoms with Crippen molar-refractivity contribution in [3.8, 4) is 5.75 Å². The van der Waals surface area contributed by atoms with Gasteiger partial charge in [-0.3, -0.25) is 14.5 Å². The first kappa shape index (κ1) is 18.5. The van der Waals surface area contributed by atoms with Gasteiger partial charge in [-0.05, 0) is 31.5 Å². The molecule has 0 spiro atoms. The first-order valence-electron chi connectivity index (χ1n) is 9.37. The van der Waals surface area contributed by atoms with Crippen molar-refractivity contribution in [2.24, 2.45) is 5.92 Å². The van der Waals surface area contributed by atoms with E-state index in [0.29, 0.717) is 36.0 Å². The molecule has 28 heavy (non-hydrogen) atoms. The lowest BCUT2D eigenvalue weighted by Crippen LogP contribution is -2.40. The lowest BCUT2D eigenvalue weighted by atomic mass is 10.1. The highest BCUT2D eigenvalue weighted by Crippen LogP contribution is 2.41. The minimum atomic E-state index is -1.34. The molecule has 1 atom stereocenters. The van der Waals surface area contributed by atoms with Gasteiger partial charge in [0.2, 0.25) is 5.43 Å². The molecule has 0 saturated carbocycles. The Labute approximate surface area is 161 Å². The fraction of sp³-hybridized carbons (Fsp3) is 0.474. The first-order valence-corrected chi connectivity index (χ1v) is 9.37. The highest BCUT2D eigenvalue weighted by atomic mass is 19.1. The van der Waals surface area contributed by atoms with Crippen molar-refractivity contribution < 1.29 is 19.0 Å². The number of hydrogen-bond donors (Lipinski definition) is 2. The fourth-order valence-corrected chi connectivity index (χ4v) is 4.02. The summed E-state index contributed by atoms with van der Waals surface area (Å²) in [7, 11) is 1.71. The molecule has 8 nitrogen and oxygen atoms in total. The van der Waals surface area contributed by atoms with E-state index >= 15 is 4.39 Å². The number of rotatable bonds is 5. The van der Waals surface area contributed by atoms with Crippen molar-refractivity contribution in [1.29, 1.82) is 0 Å². The Morgan fingerprint density at radius 2 is 2.25 bits per heavy atom. The number of aromatic carboxylic acids is 1. The lowest BCUT2D eigenvalue weighted by Gasteiger charge is -2.33. The molecular weight excluding hydrogens is 367 g/mol. The van der Waals surface area contributed by atoms with Gasteiger partial charge in [-0.2, -0.15) is 0 Å². The van der Waals surface area contributed by atoms with Crippen LogP contribution < -0.4 is 25.4 Å². The van der Waals surface area contributed by atoms with Crippen LogP contribution in [0.3, 0.4) is 0 Å². The van der Waals surface area contributed by atoms with Crippen LogP contribution in [0.1, 0.15) is 23.7 Å². The zero-order chi connectivity index (χ0) is 20.0. The summed E-state index contributed by atoms with van der Waals surface area (Å²) in [5.74, 6) is -1.20. The lowest BCUT2D eigenvalue weighted by molar-refractivity contribution is 0.0694. The molecule has 2 aromatic rings. The van der Waals surface area contributed by atoms with Gasteiger partial charge < -0.3 is 20.1 Å². The van der Waals surface area contributed by atoms with Crippen molar-refractivity contribution >= 4 is 22.6 Å². The van der Waals surface area contributed by atoms with E-state index in [9.17, 15) is 14.7 Å². The molecule has 1 saturated heterocycles. The van der Waals surface area contributed by atoms with Crippen LogP contribution in [-0.2, 0) is 0 Å². The molecule has 9 heteroatoms.